The lowest BCUT2D eigenvalue weighted by Crippen LogP contribution is -2.45. The Bertz CT molecular complexity index is 1710. The zero-order valence-electron chi connectivity index (χ0n) is 20.7. The van der Waals surface area contributed by atoms with Crippen molar-refractivity contribution >= 4 is 16.9 Å². The molecule has 1 saturated carbocycles. The topological polar surface area (TPSA) is 115 Å². The Balaban J connectivity index is 1.44. The highest BCUT2D eigenvalue weighted by Crippen LogP contribution is 2.29. The van der Waals surface area contributed by atoms with Crippen LogP contribution in [0.15, 0.2) is 58.3 Å². The first-order valence-electron chi connectivity index (χ1n) is 12.1. The maximum atomic E-state index is 14.1. The summed E-state index contributed by atoms with van der Waals surface area (Å²) in [6.45, 7) is 0. The number of aromatic hydroxyl groups is 1. The number of methoxy groups -OCH3 is 1. The molecule has 0 saturated heterocycles. The molecule has 0 spiro atoms. The first kappa shape index (κ1) is 26.0. The summed E-state index contributed by atoms with van der Waals surface area (Å²) in [5.41, 5.74) is -1.58. The number of ether oxygens (including phenoxy) is 1. The van der Waals surface area contributed by atoms with Gasteiger partial charge >= 0.3 is 5.69 Å². The first-order valence-corrected chi connectivity index (χ1v) is 12.1. The zero-order valence-corrected chi connectivity index (χ0v) is 20.7. The Labute approximate surface area is 219 Å². The van der Waals surface area contributed by atoms with Crippen LogP contribution in [0.3, 0.4) is 0 Å². The second kappa shape index (κ2) is 10.3. The van der Waals surface area contributed by atoms with Gasteiger partial charge in [0, 0.05) is 23.7 Å². The molecule has 1 aliphatic carbocycles. The number of carbonyl (C=O) groups excluding carboxylic acids is 1. The number of pyridine rings is 1. The van der Waals surface area contributed by atoms with Crippen LogP contribution in [0.25, 0.3) is 16.7 Å². The van der Waals surface area contributed by atoms with Gasteiger partial charge in [-0.2, -0.15) is 0 Å². The van der Waals surface area contributed by atoms with Gasteiger partial charge in [0.05, 0.1) is 24.4 Å². The van der Waals surface area contributed by atoms with E-state index < -0.39 is 40.6 Å². The molecule has 1 fully saturated rings. The van der Waals surface area contributed by atoms with Crippen molar-refractivity contribution in [1.29, 1.82) is 0 Å². The van der Waals surface area contributed by atoms with E-state index in [1.165, 1.54) is 31.4 Å². The highest BCUT2D eigenvalue weighted by Gasteiger charge is 2.28. The fourth-order valence-electron chi connectivity index (χ4n) is 4.94. The Hall–Kier alpha value is -4.61. The molecule has 0 bridgehead atoms. The quantitative estimate of drug-likeness (QED) is 0.400. The molecule has 2 aromatic heterocycles. The Kier molecular flexibility index (Phi) is 6.85. The summed E-state index contributed by atoms with van der Waals surface area (Å²) >= 11 is 0. The van der Waals surface area contributed by atoms with Crippen molar-refractivity contribution in [3.63, 3.8) is 0 Å². The molecule has 0 atom stereocenters. The number of benzene rings is 2. The summed E-state index contributed by atoms with van der Waals surface area (Å²) in [6.07, 6.45) is 2.35. The van der Waals surface area contributed by atoms with E-state index in [-0.39, 0.29) is 39.8 Å². The first-order chi connectivity index (χ1) is 18.7. The van der Waals surface area contributed by atoms with Crippen molar-refractivity contribution in [1.82, 2.24) is 19.4 Å². The van der Waals surface area contributed by atoms with Gasteiger partial charge in [-0.05, 0) is 62.1 Å². The lowest BCUT2D eigenvalue weighted by molar-refractivity contribution is 0.0921. The molecule has 202 valence electrons. The molecule has 2 N–H and O–H groups in total. The number of phenolic OH excluding ortho intramolecular Hbond substituents is 1. The molecule has 1 amide bonds. The van der Waals surface area contributed by atoms with Crippen molar-refractivity contribution in [2.24, 2.45) is 0 Å². The van der Waals surface area contributed by atoms with Crippen molar-refractivity contribution in [3.8, 4) is 17.2 Å². The predicted octanol–water partition coefficient (Wildman–Crippen LogP) is 3.59. The summed E-state index contributed by atoms with van der Waals surface area (Å²) in [6, 6.07) is 7.20. The maximum Gasteiger partial charge on any atom is 0.337 e. The summed E-state index contributed by atoms with van der Waals surface area (Å²) < 4.78 is 48.6. The number of rotatable bonds is 5. The number of fused-ring (bicyclic) bond motifs is 1. The SMILES string of the molecule is COc1ccc(C(=O)N[C@H]2CC[C@@H](n3c(=O)c4cc(F)cnc4n(-c4ccc(F)c(F)c4)c3=O)CC2)cc1O. The van der Waals surface area contributed by atoms with Crippen molar-refractivity contribution in [3.05, 3.63) is 92.5 Å². The molecule has 0 aliphatic heterocycles. The van der Waals surface area contributed by atoms with Crippen LogP contribution in [0, 0.1) is 17.5 Å². The summed E-state index contributed by atoms with van der Waals surface area (Å²) in [4.78, 5) is 43.5. The summed E-state index contributed by atoms with van der Waals surface area (Å²) in [5, 5.41) is 12.7. The fraction of sp³-hybridized carbons (Fsp3) is 0.259. The highest BCUT2D eigenvalue weighted by atomic mass is 19.2. The van der Waals surface area contributed by atoms with Crippen LogP contribution in [-0.2, 0) is 0 Å². The van der Waals surface area contributed by atoms with Crippen LogP contribution in [0.2, 0.25) is 0 Å². The lowest BCUT2D eigenvalue weighted by atomic mass is 9.90. The van der Waals surface area contributed by atoms with E-state index in [4.69, 9.17) is 4.74 Å². The van der Waals surface area contributed by atoms with Crippen LogP contribution in [0.5, 0.6) is 11.5 Å². The van der Waals surface area contributed by atoms with Gasteiger partial charge in [0.1, 0.15) is 5.82 Å². The zero-order chi connectivity index (χ0) is 27.8. The summed E-state index contributed by atoms with van der Waals surface area (Å²) in [5.74, 6) is -3.45. The molecule has 39 heavy (non-hydrogen) atoms. The van der Waals surface area contributed by atoms with Crippen LogP contribution in [-0.4, -0.2) is 38.3 Å². The van der Waals surface area contributed by atoms with Gasteiger partial charge in [-0.1, -0.05) is 0 Å². The smallest absolute Gasteiger partial charge is 0.337 e. The van der Waals surface area contributed by atoms with Crippen molar-refractivity contribution in [2.45, 2.75) is 37.8 Å². The van der Waals surface area contributed by atoms with E-state index in [1.54, 1.807) is 0 Å². The predicted molar refractivity (Wildman–Crippen MR) is 135 cm³/mol. The van der Waals surface area contributed by atoms with Crippen LogP contribution >= 0.6 is 0 Å². The number of nitrogens with one attached hydrogen (secondary N) is 1. The van der Waals surface area contributed by atoms with Gasteiger partial charge in [0.25, 0.3) is 11.5 Å². The van der Waals surface area contributed by atoms with Crippen molar-refractivity contribution in [2.75, 3.05) is 7.11 Å². The fourth-order valence-corrected chi connectivity index (χ4v) is 4.94. The Morgan fingerprint density at radius 1 is 1.03 bits per heavy atom. The number of hydrogen-bond acceptors (Lipinski definition) is 6. The molecule has 12 heteroatoms. The molecule has 2 heterocycles. The Morgan fingerprint density at radius 3 is 2.44 bits per heavy atom. The van der Waals surface area contributed by atoms with Gasteiger partial charge in [-0.25, -0.2) is 27.5 Å². The molecular formula is C27H23F3N4O5. The molecule has 0 radical (unpaired) electrons. The van der Waals surface area contributed by atoms with Crippen molar-refractivity contribution < 1.29 is 27.8 Å². The van der Waals surface area contributed by atoms with Gasteiger partial charge in [0.15, 0.2) is 28.8 Å². The summed E-state index contributed by atoms with van der Waals surface area (Å²) in [7, 11) is 1.40. The monoisotopic (exact) mass is 540 g/mol. The lowest BCUT2D eigenvalue weighted by Gasteiger charge is -2.30. The van der Waals surface area contributed by atoms with Gasteiger partial charge in [0.2, 0.25) is 0 Å². The highest BCUT2D eigenvalue weighted by molar-refractivity contribution is 5.95. The number of halogens is 3. The van der Waals surface area contributed by atoms with E-state index in [2.05, 4.69) is 10.3 Å². The third kappa shape index (κ3) is 4.85. The molecule has 9 nitrogen and oxygen atoms in total. The molecular weight excluding hydrogens is 517 g/mol. The largest absolute Gasteiger partial charge is 0.504 e. The molecule has 4 aromatic rings. The average molecular weight is 540 g/mol. The van der Waals surface area contributed by atoms with E-state index in [0.29, 0.717) is 25.7 Å². The minimum absolute atomic E-state index is 0.0690. The van der Waals surface area contributed by atoms with Crippen LogP contribution in [0.4, 0.5) is 13.2 Å². The number of phenols is 1. The third-order valence-electron chi connectivity index (χ3n) is 6.89. The van der Waals surface area contributed by atoms with Crippen LogP contribution in [0.1, 0.15) is 42.1 Å². The number of carbonyl (C=O) groups is 1. The third-order valence-corrected chi connectivity index (χ3v) is 6.89. The maximum absolute atomic E-state index is 14.1. The van der Waals surface area contributed by atoms with E-state index in [1.807, 2.05) is 0 Å². The van der Waals surface area contributed by atoms with Gasteiger partial charge in [-0.15, -0.1) is 0 Å². The standard InChI is InChI=1S/C27H23F3N4O5/c1-39-23-9-2-14(10-22(23)35)25(36)32-16-3-5-17(6-4-16)34-26(37)19-11-15(28)13-31-24(19)33(27(34)38)18-7-8-20(29)21(30)12-18/h2,7-13,16-17,35H,3-6H2,1H3,(H,32,36)/t16-,17+. The second-order valence-electron chi connectivity index (χ2n) is 9.28. The second-order valence-corrected chi connectivity index (χ2v) is 9.28. The van der Waals surface area contributed by atoms with Gasteiger partial charge < -0.3 is 15.2 Å². The number of aromatic nitrogens is 3. The van der Waals surface area contributed by atoms with E-state index in [0.717, 1.165) is 33.5 Å². The molecule has 1 aliphatic rings. The normalized spacial score (nSPS) is 17.2. The van der Waals surface area contributed by atoms with E-state index >= 15 is 0 Å². The molecule has 0 unspecified atom stereocenters. The Morgan fingerprint density at radius 2 is 1.77 bits per heavy atom. The minimum atomic E-state index is -1.20. The van der Waals surface area contributed by atoms with Gasteiger partial charge in [-0.3, -0.25) is 14.2 Å². The number of hydrogen-bond donors (Lipinski definition) is 2. The molecule has 2 aromatic carbocycles. The number of nitrogens with zero attached hydrogens (tertiary/aromatic N) is 3. The van der Waals surface area contributed by atoms with Crippen LogP contribution < -0.4 is 21.3 Å². The average Bonchev–Trinajstić information content (AvgIpc) is 2.92. The minimum Gasteiger partial charge on any atom is -0.504 e. The molecule has 5 rings (SSSR count). The number of amides is 1. The van der Waals surface area contributed by atoms with E-state index in [9.17, 15) is 32.7 Å².